The summed E-state index contributed by atoms with van der Waals surface area (Å²) in [5.74, 6) is -0.149. The molecule has 24 heavy (non-hydrogen) atoms. The molecular formula is C18H17ClN4O. The molecule has 0 radical (unpaired) electrons. The Hall–Kier alpha value is -2.66. The summed E-state index contributed by atoms with van der Waals surface area (Å²) in [7, 11) is 0. The van der Waals surface area contributed by atoms with E-state index in [1.54, 1.807) is 23.3 Å². The van der Waals surface area contributed by atoms with E-state index in [-0.39, 0.29) is 5.91 Å². The van der Waals surface area contributed by atoms with Gasteiger partial charge < -0.3 is 5.32 Å². The smallest absolute Gasteiger partial charge is 0.255 e. The van der Waals surface area contributed by atoms with Crippen molar-refractivity contribution in [1.82, 2.24) is 20.1 Å². The van der Waals surface area contributed by atoms with Gasteiger partial charge >= 0.3 is 0 Å². The highest BCUT2D eigenvalue weighted by atomic mass is 35.5. The lowest BCUT2D eigenvalue weighted by atomic mass is 10.2. The summed E-state index contributed by atoms with van der Waals surface area (Å²) in [6.07, 6.45) is 5.71. The quantitative estimate of drug-likeness (QED) is 0.774. The van der Waals surface area contributed by atoms with Crippen molar-refractivity contribution in [2.45, 2.75) is 19.9 Å². The van der Waals surface area contributed by atoms with E-state index in [9.17, 15) is 4.79 Å². The van der Waals surface area contributed by atoms with Gasteiger partial charge in [-0.05, 0) is 36.2 Å². The molecule has 1 amide bonds. The van der Waals surface area contributed by atoms with Crippen molar-refractivity contribution in [3.05, 3.63) is 76.8 Å². The first-order chi connectivity index (χ1) is 11.7. The van der Waals surface area contributed by atoms with E-state index >= 15 is 0 Å². The van der Waals surface area contributed by atoms with Gasteiger partial charge in [0.25, 0.3) is 5.91 Å². The average Bonchev–Trinajstić information content (AvgIpc) is 3.04. The number of benzene rings is 1. The van der Waals surface area contributed by atoms with Crippen molar-refractivity contribution < 1.29 is 4.79 Å². The maximum absolute atomic E-state index is 12.5. The summed E-state index contributed by atoms with van der Waals surface area (Å²) in [6, 6.07) is 11.2. The number of pyridine rings is 1. The molecule has 0 saturated heterocycles. The van der Waals surface area contributed by atoms with Crippen LogP contribution in [0.1, 0.15) is 28.5 Å². The van der Waals surface area contributed by atoms with E-state index < -0.39 is 0 Å². The highest BCUT2D eigenvalue weighted by Gasteiger charge is 2.17. The molecule has 0 spiro atoms. The number of carbonyl (C=O) groups excluding carboxylic acids is 1. The number of halogens is 1. The molecule has 5 nitrogen and oxygen atoms in total. The molecule has 6 heteroatoms. The van der Waals surface area contributed by atoms with Gasteiger partial charge in [-0.3, -0.25) is 9.78 Å². The van der Waals surface area contributed by atoms with Crippen molar-refractivity contribution in [3.8, 4) is 5.69 Å². The van der Waals surface area contributed by atoms with Gasteiger partial charge in [-0.1, -0.05) is 30.7 Å². The number of carbonyl (C=O) groups is 1. The minimum absolute atomic E-state index is 0.149. The van der Waals surface area contributed by atoms with Gasteiger partial charge in [0.2, 0.25) is 0 Å². The molecule has 0 saturated carbocycles. The fourth-order valence-electron chi connectivity index (χ4n) is 2.51. The number of aromatic nitrogens is 3. The number of rotatable bonds is 5. The topological polar surface area (TPSA) is 59.8 Å². The van der Waals surface area contributed by atoms with Crippen molar-refractivity contribution in [2.24, 2.45) is 0 Å². The van der Waals surface area contributed by atoms with E-state index in [1.165, 1.54) is 0 Å². The SMILES string of the molecule is CCc1c(C(=O)NCc2cccnc2)cnn1-c1cccc(Cl)c1. The van der Waals surface area contributed by atoms with Crippen molar-refractivity contribution in [1.29, 1.82) is 0 Å². The molecule has 0 atom stereocenters. The first kappa shape index (κ1) is 16.2. The fraction of sp³-hybridized carbons (Fsp3) is 0.167. The lowest BCUT2D eigenvalue weighted by molar-refractivity contribution is 0.0950. The van der Waals surface area contributed by atoms with Crippen LogP contribution in [0.3, 0.4) is 0 Å². The highest BCUT2D eigenvalue weighted by molar-refractivity contribution is 6.30. The molecule has 1 N–H and O–H groups in total. The van der Waals surface area contributed by atoms with E-state index in [0.717, 1.165) is 16.9 Å². The van der Waals surface area contributed by atoms with E-state index in [4.69, 9.17) is 11.6 Å². The van der Waals surface area contributed by atoms with Gasteiger partial charge in [-0.2, -0.15) is 5.10 Å². The number of hydrogen-bond acceptors (Lipinski definition) is 3. The van der Waals surface area contributed by atoms with Gasteiger partial charge in [0.05, 0.1) is 23.1 Å². The van der Waals surface area contributed by atoms with Crippen LogP contribution in [0.5, 0.6) is 0 Å². The molecule has 1 aromatic carbocycles. The van der Waals surface area contributed by atoms with E-state index in [2.05, 4.69) is 15.4 Å². The second-order valence-electron chi connectivity index (χ2n) is 5.29. The van der Waals surface area contributed by atoms with Gasteiger partial charge in [0.1, 0.15) is 0 Å². The molecule has 0 unspecified atom stereocenters. The molecule has 3 rings (SSSR count). The lowest BCUT2D eigenvalue weighted by Gasteiger charge is -2.09. The maximum atomic E-state index is 12.5. The summed E-state index contributed by atoms with van der Waals surface area (Å²) < 4.78 is 1.75. The normalized spacial score (nSPS) is 10.6. The summed E-state index contributed by atoms with van der Waals surface area (Å²) in [6.45, 7) is 2.42. The molecule has 122 valence electrons. The van der Waals surface area contributed by atoms with E-state index in [0.29, 0.717) is 23.6 Å². The van der Waals surface area contributed by atoms with Crippen LogP contribution in [0.15, 0.2) is 55.0 Å². The van der Waals surface area contributed by atoms with Crippen LogP contribution in [0.25, 0.3) is 5.69 Å². The third-order valence-electron chi connectivity index (χ3n) is 3.68. The predicted molar refractivity (Wildman–Crippen MR) is 93.4 cm³/mol. The molecule has 0 aliphatic rings. The Morgan fingerprint density at radius 1 is 1.25 bits per heavy atom. The average molecular weight is 341 g/mol. The minimum atomic E-state index is -0.149. The standard InChI is InChI=1S/C18H17ClN4O/c1-2-17-16(18(24)21-11-13-5-4-8-20-10-13)12-22-23(17)15-7-3-6-14(19)9-15/h3-10,12H,2,11H2,1H3,(H,21,24). The Labute approximate surface area is 145 Å². The number of nitrogens with one attached hydrogen (secondary N) is 1. The van der Waals surface area contributed by atoms with Crippen LogP contribution in [0.4, 0.5) is 0 Å². The van der Waals surface area contributed by atoms with Crippen molar-refractivity contribution >= 4 is 17.5 Å². The monoisotopic (exact) mass is 340 g/mol. The molecule has 0 fully saturated rings. The van der Waals surface area contributed by atoms with Crippen LogP contribution >= 0.6 is 11.6 Å². The molecule has 2 heterocycles. The Morgan fingerprint density at radius 3 is 2.83 bits per heavy atom. The lowest BCUT2D eigenvalue weighted by Crippen LogP contribution is -2.23. The van der Waals surface area contributed by atoms with Crippen LogP contribution in [-0.2, 0) is 13.0 Å². The molecule has 0 aliphatic carbocycles. The van der Waals surface area contributed by atoms with Crippen LogP contribution in [0, 0.1) is 0 Å². The van der Waals surface area contributed by atoms with Gasteiger partial charge in [-0.25, -0.2) is 4.68 Å². The number of hydrogen-bond donors (Lipinski definition) is 1. The number of amides is 1. The molecular weight excluding hydrogens is 324 g/mol. The highest BCUT2D eigenvalue weighted by Crippen LogP contribution is 2.19. The Morgan fingerprint density at radius 2 is 2.12 bits per heavy atom. The first-order valence-corrected chi connectivity index (χ1v) is 8.06. The Kier molecular flexibility index (Phi) is 4.91. The fourth-order valence-corrected chi connectivity index (χ4v) is 2.70. The van der Waals surface area contributed by atoms with Gasteiger partial charge in [0, 0.05) is 24.0 Å². The maximum Gasteiger partial charge on any atom is 0.255 e. The zero-order valence-corrected chi connectivity index (χ0v) is 14.0. The Balaban J connectivity index is 1.82. The Bertz CT molecular complexity index is 845. The van der Waals surface area contributed by atoms with Crippen LogP contribution in [-0.4, -0.2) is 20.7 Å². The largest absolute Gasteiger partial charge is 0.348 e. The molecule has 0 aliphatic heterocycles. The van der Waals surface area contributed by atoms with Gasteiger partial charge in [-0.15, -0.1) is 0 Å². The summed E-state index contributed by atoms with van der Waals surface area (Å²) in [5, 5.41) is 7.90. The van der Waals surface area contributed by atoms with Gasteiger partial charge in [0.15, 0.2) is 0 Å². The van der Waals surface area contributed by atoms with Crippen LogP contribution in [0.2, 0.25) is 5.02 Å². The zero-order valence-electron chi connectivity index (χ0n) is 13.2. The third kappa shape index (κ3) is 3.46. The first-order valence-electron chi connectivity index (χ1n) is 7.69. The summed E-state index contributed by atoms with van der Waals surface area (Å²) in [4.78, 5) is 16.5. The summed E-state index contributed by atoms with van der Waals surface area (Å²) >= 11 is 6.05. The van der Waals surface area contributed by atoms with Crippen molar-refractivity contribution in [3.63, 3.8) is 0 Å². The second-order valence-corrected chi connectivity index (χ2v) is 5.73. The molecule has 3 aromatic rings. The minimum Gasteiger partial charge on any atom is -0.348 e. The zero-order chi connectivity index (χ0) is 16.9. The molecule has 2 aromatic heterocycles. The summed E-state index contributed by atoms with van der Waals surface area (Å²) in [5.41, 5.74) is 3.21. The third-order valence-corrected chi connectivity index (χ3v) is 3.91. The van der Waals surface area contributed by atoms with E-state index in [1.807, 2.05) is 43.3 Å². The van der Waals surface area contributed by atoms with Crippen LogP contribution < -0.4 is 5.32 Å². The molecule has 0 bridgehead atoms. The number of nitrogens with zero attached hydrogens (tertiary/aromatic N) is 3. The second kappa shape index (κ2) is 7.27. The van der Waals surface area contributed by atoms with Crippen molar-refractivity contribution in [2.75, 3.05) is 0 Å². The predicted octanol–water partition coefficient (Wildman–Crippen LogP) is 3.41.